The van der Waals surface area contributed by atoms with E-state index in [1.807, 2.05) is 6.08 Å². The fraction of sp³-hybridized carbons (Fsp3) is 0.800. The lowest BCUT2D eigenvalue weighted by Crippen LogP contribution is -2.53. The van der Waals surface area contributed by atoms with Crippen LogP contribution < -0.4 is 0 Å². The summed E-state index contributed by atoms with van der Waals surface area (Å²) in [5, 5.41) is 0. The second-order valence-electron chi connectivity index (χ2n) is 3.83. The van der Waals surface area contributed by atoms with Gasteiger partial charge >= 0.3 is 0 Å². The molecule has 0 aromatic carbocycles. The van der Waals surface area contributed by atoms with Gasteiger partial charge in [0.2, 0.25) is 0 Å². The molecule has 0 N–H and O–H groups in total. The third kappa shape index (κ3) is 2.08. The molecule has 0 bridgehead atoms. The largest absolute Gasteiger partial charge is 0.304 e. The molecule has 0 saturated carbocycles. The highest BCUT2D eigenvalue weighted by Crippen LogP contribution is 2.11. The van der Waals surface area contributed by atoms with Crippen LogP contribution in [0.3, 0.4) is 0 Å². The van der Waals surface area contributed by atoms with Crippen LogP contribution in [0.25, 0.3) is 0 Å². The van der Waals surface area contributed by atoms with Gasteiger partial charge in [0, 0.05) is 31.7 Å². The van der Waals surface area contributed by atoms with Crippen molar-refractivity contribution in [2.45, 2.75) is 25.9 Å². The summed E-state index contributed by atoms with van der Waals surface area (Å²) in [6.45, 7) is 11.9. The standard InChI is InChI=1S/C10H20N2/c1-5-9(2)12-7-6-11(4)8-10(12)3/h5,9-10H,1,6-8H2,2-4H3/t9?,10-/m1/s1. The maximum atomic E-state index is 3.83. The minimum absolute atomic E-state index is 0.522. The average molecular weight is 168 g/mol. The van der Waals surface area contributed by atoms with Crippen LogP contribution in [0, 0.1) is 0 Å². The SMILES string of the molecule is C=CC(C)N1CCN(C)C[C@H]1C. The quantitative estimate of drug-likeness (QED) is 0.572. The van der Waals surface area contributed by atoms with Gasteiger partial charge in [0.05, 0.1) is 0 Å². The molecule has 1 unspecified atom stereocenters. The molecule has 0 aromatic heterocycles. The molecule has 0 amide bonds. The first kappa shape index (κ1) is 9.75. The van der Waals surface area contributed by atoms with Crippen molar-refractivity contribution in [3.63, 3.8) is 0 Å². The lowest BCUT2D eigenvalue weighted by molar-refractivity contribution is 0.0833. The Morgan fingerprint density at radius 2 is 2.17 bits per heavy atom. The van der Waals surface area contributed by atoms with Gasteiger partial charge in [0.25, 0.3) is 0 Å². The van der Waals surface area contributed by atoms with Crippen LogP contribution in [0.1, 0.15) is 13.8 Å². The molecule has 1 saturated heterocycles. The Balaban J connectivity index is 2.49. The highest BCUT2D eigenvalue weighted by molar-refractivity contribution is 4.89. The van der Waals surface area contributed by atoms with Gasteiger partial charge in [-0.3, -0.25) is 4.90 Å². The van der Waals surface area contributed by atoms with Gasteiger partial charge in [-0.2, -0.15) is 0 Å². The first-order chi connectivity index (χ1) is 5.65. The number of rotatable bonds is 2. The molecule has 1 fully saturated rings. The van der Waals surface area contributed by atoms with Crippen molar-refractivity contribution in [3.8, 4) is 0 Å². The maximum absolute atomic E-state index is 3.83. The maximum Gasteiger partial charge on any atom is 0.0251 e. The van der Waals surface area contributed by atoms with E-state index in [9.17, 15) is 0 Å². The zero-order valence-corrected chi connectivity index (χ0v) is 8.45. The van der Waals surface area contributed by atoms with E-state index >= 15 is 0 Å². The molecule has 1 rings (SSSR count). The third-order valence-electron chi connectivity index (χ3n) is 2.75. The minimum atomic E-state index is 0.522. The highest BCUT2D eigenvalue weighted by Gasteiger charge is 2.23. The summed E-state index contributed by atoms with van der Waals surface area (Å²) in [5.74, 6) is 0. The van der Waals surface area contributed by atoms with Crippen molar-refractivity contribution in [2.75, 3.05) is 26.7 Å². The molecule has 0 radical (unpaired) electrons. The summed E-state index contributed by atoms with van der Waals surface area (Å²) in [6, 6.07) is 1.19. The van der Waals surface area contributed by atoms with Crippen LogP contribution in [-0.4, -0.2) is 48.6 Å². The third-order valence-corrected chi connectivity index (χ3v) is 2.75. The van der Waals surface area contributed by atoms with Crippen LogP contribution in [0.15, 0.2) is 12.7 Å². The molecule has 1 heterocycles. The summed E-state index contributed by atoms with van der Waals surface area (Å²) in [4.78, 5) is 4.89. The van der Waals surface area contributed by atoms with Crippen LogP contribution in [0.4, 0.5) is 0 Å². The minimum Gasteiger partial charge on any atom is -0.304 e. The molecule has 2 atom stereocenters. The zero-order valence-electron chi connectivity index (χ0n) is 8.45. The fourth-order valence-corrected chi connectivity index (χ4v) is 1.89. The van der Waals surface area contributed by atoms with Gasteiger partial charge in [0.15, 0.2) is 0 Å². The van der Waals surface area contributed by atoms with Crippen LogP contribution in [-0.2, 0) is 0 Å². The van der Waals surface area contributed by atoms with E-state index in [4.69, 9.17) is 0 Å². The first-order valence-electron chi connectivity index (χ1n) is 4.72. The van der Waals surface area contributed by atoms with Gasteiger partial charge < -0.3 is 4.90 Å². The summed E-state index contributed by atoms with van der Waals surface area (Å²) >= 11 is 0. The molecule has 0 aromatic rings. The van der Waals surface area contributed by atoms with E-state index in [0.717, 1.165) is 0 Å². The Labute approximate surface area is 75.8 Å². The normalized spacial score (nSPS) is 30.1. The zero-order chi connectivity index (χ0) is 9.14. The average Bonchev–Trinajstić information content (AvgIpc) is 2.03. The molecular weight excluding hydrogens is 148 g/mol. The molecule has 1 aliphatic heterocycles. The number of hydrogen-bond acceptors (Lipinski definition) is 2. The molecule has 12 heavy (non-hydrogen) atoms. The van der Waals surface area contributed by atoms with E-state index in [1.165, 1.54) is 19.6 Å². The topological polar surface area (TPSA) is 6.48 Å². The van der Waals surface area contributed by atoms with Crippen molar-refractivity contribution in [1.29, 1.82) is 0 Å². The van der Waals surface area contributed by atoms with E-state index in [1.54, 1.807) is 0 Å². The number of piperazine rings is 1. The molecule has 0 aliphatic carbocycles. The Hall–Kier alpha value is -0.340. The Morgan fingerprint density at radius 1 is 1.50 bits per heavy atom. The Morgan fingerprint density at radius 3 is 2.67 bits per heavy atom. The molecule has 2 nitrogen and oxygen atoms in total. The van der Waals surface area contributed by atoms with Crippen LogP contribution in [0.5, 0.6) is 0 Å². The Bertz CT molecular complexity index is 156. The van der Waals surface area contributed by atoms with Crippen LogP contribution in [0.2, 0.25) is 0 Å². The lowest BCUT2D eigenvalue weighted by atomic mass is 10.1. The van der Waals surface area contributed by atoms with Crippen molar-refractivity contribution >= 4 is 0 Å². The monoisotopic (exact) mass is 168 g/mol. The van der Waals surface area contributed by atoms with E-state index in [0.29, 0.717) is 12.1 Å². The Kier molecular flexibility index (Phi) is 3.29. The number of nitrogens with zero attached hydrogens (tertiary/aromatic N) is 2. The summed E-state index contributed by atoms with van der Waals surface area (Å²) in [6.07, 6.45) is 2.03. The second-order valence-corrected chi connectivity index (χ2v) is 3.83. The summed E-state index contributed by atoms with van der Waals surface area (Å²) in [5.41, 5.74) is 0. The second kappa shape index (κ2) is 4.06. The summed E-state index contributed by atoms with van der Waals surface area (Å²) in [7, 11) is 2.19. The first-order valence-corrected chi connectivity index (χ1v) is 4.72. The molecule has 0 spiro atoms. The van der Waals surface area contributed by atoms with Crippen molar-refractivity contribution in [3.05, 3.63) is 12.7 Å². The fourth-order valence-electron chi connectivity index (χ4n) is 1.89. The van der Waals surface area contributed by atoms with Gasteiger partial charge in [-0.1, -0.05) is 6.08 Å². The van der Waals surface area contributed by atoms with Gasteiger partial charge in [0.1, 0.15) is 0 Å². The number of likely N-dealkylation sites (N-methyl/N-ethyl adjacent to an activating group) is 1. The smallest absolute Gasteiger partial charge is 0.0251 e. The molecular formula is C10H20N2. The van der Waals surface area contributed by atoms with Crippen molar-refractivity contribution < 1.29 is 0 Å². The molecule has 2 heteroatoms. The van der Waals surface area contributed by atoms with Crippen molar-refractivity contribution in [1.82, 2.24) is 9.80 Å². The van der Waals surface area contributed by atoms with Gasteiger partial charge in [-0.15, -0.1) is 6.58 Å². The van der Waals surface area contributed by atoms with E-state index in [-0.39, 0.29) is 0 Å². The van der Waals surface area contributed by atoms with Gasteiger partial charge in [-0.05, 0) is 20.9 Å². The predicted molar refractivity (Wildman–Crippen MR) is 53.3 cm³/mol. The predicted octanol–water partition coefficient (Wildman–Crippen LogP) is 1.20. The van der Waals surface area contributed by atoms with Gasteiger partial charge in [-0.25, -0.2) is 0 Å². The summed E-state index contributed by atoms with van der Waals surface area (Å²) < 4.78 is 0. The highest BCUT2D eigenvalue weighted by atomic mass is 15.3. The van der Waals surface area contributed by atoms with E-state index < -0.39 is 0 Å². The van der Waals surface area contributed by atoms with Crippen molar-refractivity contribution in [2.24, 2.45) is 0 Å². The van der Waals surface area contributed by atoms with Crippen LogP contribution >= 0.6 is 0 Å². The van der Waals surface area contributed by atoms with E-state index in [2.05, 4.69) is 37.3 Å². The molecule has 1 aliphatic rings. The number of hydrogen-bond donors (Lipinski definition) is 0. The lowest BCUT2D eigenvalue weighted by Gasteiger charge is -2.40. The molecule has 70 valence electrons.